The van der Waals surface area contributed by atoms with Crippen molar-refractivity contribution in [2.75, 3.05) is 0 Å². The Balaban J connectivity index is 1.61. The zero-order chi connectivity index (χ0) is 20.5. The summed E-state index contributed by atoms with van der Waals surface area (Å²) < 4.78 is 7.43. The van der Waals surface area contributed by atoms with Crippen molar-refractivity contribution in [2.24, 2.45) is 5.10 Å². The Morgan fingerprint density at radius 3 is 2.73 bits per heavy atom. The molecule has 0 bridgehead atoms. The van der Waals surface area contributed by atoms with Gasteiger partial charge in [-0.3, -0.25) is 4.79 Å². The second-order valence-electron chi connectivity index (χ2n) is 7.03. The van der Waals surface area contributed by atoms with E-state index in [2.05, 4.69) is 11.2 Å². The predicted octanol–water partition coefficient (Wildman–Crippen LogP) is 5.28. The molecule has 0 aliphatic carbocycles. The molecule has 1 aromatic carbocycles. The van der Waals surface area contributed by atoms with E-state index in [1.54, 1.807) is 22.6 Å². The third kappa shape index (κ3) is 3.27. The van der Waals surface area contributed by atoms with Gasteiger partial charge in [-0.1, -0.05) is 31.2 Å². The van der Waals surface area contributed by atoms with Gasteiger partial charge in [0.1, 0.15) is 17.2 Å². The van der Waals surface area contributed by atoms with Crippen molar-refractivity contribution in [3.05, 3.63) is 83.8 Å². The lowest BCUT2D eigenvalue weighted by atomic mass is 10.0. The number of para-hydroxylation sites is 1. The average Bonchev–Trinajstić information content (AvgIpc) is 3.57. The normalized spacial score (nSPS) is 16.1. The molecule has 150 valence electrons. The van der Waals surface area contributed by atoms with Crippen LogP contribution in [0.3, 0.4) is 0 Å². The van der Waals surface area contributed by atoms with Crippen LogP contribution in [0.2, 0.25) is 0 Å². The van der Waals surface area contributed by atoms with E-state index in [4.69, 9.17) is 9.52 Å². The maximum Gasteiger partial charge on any atom is 0.242 e. The number of hydrogen-bond acceptors (Lipinski definition) is 5. The molecule has 4 heterocycles. The first kappa shape index (κ1) is 18.6. The third-order valence-electron chi connectivity index (χ3n) is 5.15. The Bertz CT molecular complexity index is 1180. The van der Waals surface area contributed by atoms with Gasteiger partial charge in [0.2, 0.25) is 5.91 Å². The molecule has 0 unspecified atom stereocenters. The van der Waals surface area contributed by atoms with Gasteiger partial charge in [-0.2, -0.15) is 10.2 Å². The van der Waals surface area contributed by atoms with Gasteiger partial charge in [-0.05, 0) is 35.7 Å². The molecule has 0 spiro atoms. The second kappa shape index (κ2) is 7.76. The van der Waals surface area contributed by atoms with Crippen LogP contribution < -0.4 is 0 Å². The minimum absolute atomic E-state index is 0.0221. The Kier molecular flexibility index (Phi) is 4.80. The maximum atomic E-state index is 12.8. The molecule has 7 heteroatoms. The molecule has 0 N–H and O–H groups in total. The fourth-order valence-electron chi connectivity index (χ4n) is 3.69. The van der Waals surface area contributed by atoms with Crippen LogP contribution in [0.5, 0.6) is 0 Å². The molecule has 3 aromatic heterocycles. The highest BCUT2D eigenvalue weighted by Gasteiger charge is 2.36. The lowest BCUT2D eigenvalue weighted by Crippen LogP contribution is -2.26. The summed E-state index contributed by atoms with van der Waals surface area (Å²) in [6, 6.07) is 17.5. The van der Waals surface area contributed by atoms with Crippen molar-refractivity contribution in [1.29, 1.82) is 0 Å². The highest BCUT2D eigenvalue weighted by molar-refractivity contribution is 7.13. The largest absolute Gasteiger partial charge is 0.463 e. The highest BCUT2D eigenvalue weighted by Crippen LogP contribution is 2.39. The number of hydrazone groups is 1. The summed E-state index contributed by atoms with van der Waals surface area (Å²) in [5.74, 6) is 0.672. The number of furan rings is 1. The lowest BCUT2D eigenvalue weighted by Gasteiger charge is -2.21. The van der Waals surface area contributed by atoms with Crippen molar-refractivity contribution in [2.45, 2.75) is 25.8 Å². The van der Waals surface area contributed by atoms with Gasteiger partial charge < -0.3 is 4.42 Å². The van der Waals surface area contributed by atoms with Crippen molar-refractivity contribution in [3.63, 3.8) is 0 Å². The molecule has 0 fully saturated rings. The minimum Gasteiger partial charge on any atom is -0.463 e. The van der Waals surface area contributed by atoms with Gasteiger partial charge in [-0.25, -0.2) is 9.69 Å². The number of amides is 1. The molecule has 0 saturated heterocycles. The van der Waals surface area contributed by atoms with Crippen LogP contribution in [0.1, 0.15) is 37.1 Å². The molecular weight excluding hydrogens is 396 g/mol. The molecule has 1 atom stereocenters. The lowest BCUT2D eigenvalue weighted by molar-refractivity contribution is -0.132. The van der Waals surface area contributed by atoms with Crippen molar-refractivity contribution < 1.29 is 9.21 Å². The number of benzene rings is 1. The summed E-state index contributed by atoms with van der Waals surface area (Å²) in [5.41, 5.74) is 3.61. The minimum atomic E-state index is -0.230. The SMILES string of the molecule is CCC(=O)N1N=C(c2ccco2)C[C@H]1c1cn(-c2ccccc2)nc1-c1cccs1. The molecule has 0 saturated carbocycles. The smallest absolute Gasteiger partial charge is 0.242 e. The third-order valence-corrected chi connectivity index (χ3v) is 6.03. The Labute approximate surface area is 178 Å². The zero-order valence-electron chi connectivity index (χ0n) is 16.4. The summed E-state index contributed by atoms with van der Waals surface area (Å²) in [6.07, 6.45) is 4.61. The number of carbonyl (C=O) groups is 1. The number of thiophene rings is 1. The summed E-state index contributed by atoms with van der Waals surface area (Å²) in [5, 5.41) is 13.2. The Hall–Kier alpha value is -3.45. The first-order valence-electron chi connectivity index (χ1n) is 9.87. The quantitative estimate of drug-likeness (QED) is 0.444. The summed E-state index contributed by atoms with van der Waals surface area (Å²) in [7, 11) is 0. The number of nitrogens with zero attached hydrogens (tertiary/aromatic N) is 4. The van der Waals surface area contributed by atoms with Crippen LogP contribution in [0, 0.1) is 0 Å². The van der Waals surface area contributed by atoms with E-state index in [0.29, 0.717) is 18.6 Å². The summed E-state index contributed by atoms with van der Waals surface area (Å²) in [4.78, 5) is 13.8. The van der Waals surface area contributed by atoms with Crippen LogP contribution in [-0.4, -0.2) is 26.4 Å². The standard InChI is InChI=1S/C23H20N4O2S/c1-2-22(28)27-19(14-18(24-27)20-10-6-12-29-20)17-15-26(16-8-4-3-5-9-16)25-23(17)21-11-7-13-30-21/h3-13,15,19H,2,14H2,1H3/t19-/m0/s1. The molecule has 5 rings (SSSR count). The second-order valence-corrected chi connectivity index (χ2v) is 7.97. The van der Waals surface area contributed by atoms with Crippen LogP contribution in [0.25, 0.3) is 16.3 Å². The number of aromatic nitrogens is 2. The Morgan fingerprint density at radius 2 is 2.03 bits per heavy atom. The predicted molar refractivity (Wildman–Crippen MR) is 117 cm³/mol. The number of rotatable bonds is 5. The van der Waals surface area contributed by atoms with Gasteiger partial charge in [0.25, 0.3) is 0 Å². The van der Waals surface area contributed by atoms with E-state index in [-0.39, 0.29) is 11.9 Å². The van der Waals surface area contributed by atoms with Gasteiger partial charge in [0, 0.05) is 24.6 Å². The number of carbonyl (C=O) groups excluding carboxylic acids is 1. The van der Waals surface area contributed by atoms with Crippen LogP contribution in [0.15, 0.2) is 82.0 Å². The van der Waals surface area contributed by atoms with Gasteiger partial charge in [0.05, 0.1) is 22.9 Å². The summed E-state index contributed by atoms with van der Waals surface area (Å²) in [6.45, 7) is 1.85. The van der Waals surface area contributed by atoms with E-state index < -0.39 is 0 Å². The van der Waals surface area contributed by atoms with E-state index >= 15 is 0 Å². The molecule has 1 amide bonds. The van der Waals surface area contributed by atoms with Crippen molar-refractivity contribution in [1.82, 2.24) is 14.8 Å². The molecule has 4 aromatic rings. The van der Waals surface area contributed by atoms with E-state index in [1.807, 2.05) is 71.7 Å². The fraction of sp³-hybridized carbons (Fsp3) is 0.174. The van der Waals surface area contributed by atoms with Gasteiger partial charge in [-0.15, -0.1) is 11.3 Å². The topological polar surface area (TPSA) is 63.6 Å². The highest BCUT2D eigenvalue weighted by atomic mass is 32.1. The van der Waals surface area contributed by atoms with Crippen molar-refractivity contribution in [3.8, 4) is 16.3 Å². The van der Waals surface area contributed by atoms with Crippen LogP contribution in [-0.2, 0) is 4.79 Å². The monoisotopic (exact) mass is 416 g/mol. The first-order chi connectivity index (χ1) is 14.7. The van der Waals surface area contributed by atoms with Gasteiger partial charge in [0.15, 0.2) is 0 Å². The first-order valence-corrected chi connectivity index (χ1v) is 10.7. The van der Waals surface area contributed by atoms with Crippen LogP contribution in [0.4, 0.5) is 0 Å². The molecule has 1 aliphatic heterocycles. The molecule has 30 heavy (non-hydrogen) atoms. The fourth-order valence-corrected chi connectivity index (χ4v) is 4.42. The summed E-state index contributed by atoms with van der Waals surface area (Å²) >= 11 is 1.64. The van der Waals surface area contributed by atoms with E-state index in [1.165, 1.54) is 0 Å². The molecule has 1 aliphatic rings. The maximum absolute atomic E-state index is 12.8. The molecule has 6 nitrogen and oxygen atoms in total. The van der Waals surface area contributed by atoms with E-state index in [0.717, 1.165) is 27.5 Å². The molecular formula is C23H20N4O2S. The average molecular weight is 417 g/mol. The molecule has 0 radical (unpaired) electrons. The van der Waals surface area contributed by atoms with Crippen LogP contribution >= 0.6 is 11.3 Å². The zero-order valence-corrected chi connectivity index (χ0v) is 17.2. The van der Waals surface area contributed by atoms with Crippen molar-refractivity contribution >= 4 is 23.0 Å². The van der Waals surface area contributed by atoms with E-state index in [9.17, 15) is 4.79 Å². The number of hydrogen-bond donors (Lipinski definition) is 0. The van der Waals surface area contributed by atoms with Gasteiger partial charge >= 0.3 is 0 Å². The Morgan fingerprint density at radius 1 is 1.17 bits per heavy atom.